The van der Waals surface area contributed by atoms with Crippen molar-refractivity contribution < 1.29 is 19.1 Å². The SMILES string of the molecule is C=CCC(c1ccc(Cl)cc1/C(=C\C)C(NC(=O)COC)c1cncn1C)N1CCN(C(=O)OCC(C)C)CC1.CC.CC/C=C\N. The number of piperazine rings is 1. The molecule has 3 N–H and O–H groups in total. The Labute approximate surface area is 287 Å². The monoisotopic (exact) mass is 672 g/mol. The van der Waals surface area contributed by atoms with Crippen molar-refractivity contribution in [3.8, 4) is 0 Å². The normalized spacial score (nSPS) is 14.9. The maximum atomic E-state index is 12.7. The number of methoxy groups -OCH3 is 1. The number of amides is 2. The number of aromatic nitrogens is 2. The van der Waals surface area contributed by atoms with Gasteiger partial charge in [-0.2, -0.15) is 0 Å². The van der Waals surface area contributed by atoms with Gasteiger partial charge < -0.3 is 30.0 Å². The Bertz CT molecular complexity index is 1280. The molecule has 1 aromatic heterocycles. The minimum absolute atomic E-state index is 0.00425. The maximum Gasteiger partial charge on any atom is 0.409 e. The number of hydrogen-bond donors (Lipinski definition) is 2. The van der Waals surface area contributed by atoms with Crippen molar-refractivity contribution in [2.75, 3.05) is 46.5 Å². The van der Waals surface area contributed by atoms with Crippen LogP contribution in [0, 0.1) is 5.92 Å². The average molecular weight is 673 g/mol. The first-order valence-electron chi connectivity index (χ1n) is 16.4. The highest BCUT2D eigenvalue weighted by molar-refractivity contribution is 6.30. The van der Waals surface area contributed by atoms with E-state index >= 15 is 0 Å². The van der Waals surface area contributed by atoms with Crippen LogP contribution in [0.3, 0.4) is 0 Å². The molecule has 2 heterocycles. The summed E-state index contributed by atoms with van der Waals surface area (Å²) in [5.74, 6) is 0.0561. The van der Waals surface area contributed by atoms with Gasteiger partial charge in [0.1, 0.15) is 6.61 Å². The number of halogens is 1. The standard InChI is InChI=1S/C30H42ClN5O4.C4H9N.C2H6/c1-7-9-26(35-12-14-36(15-13-35)30(38)40-18-21(3)4)24-11-10-22(31)16-25(24)23(8-2)29(33-28(37)19-39-6)27-17-32-20-34(27)5;1-2-3-4-5;1-2/h7-8,10-11,16-17,20-21,26,29H,1,9,12-15,18-19H2,2-6H3,(H,33,37);3-4H,2,5H2,1H3;1-2H3/b23-8+;4-3-;. The predicted molar refractivity (Wildman–Crippen MR) is 193 cm³/mol. The molecule has 11 heteroatoms. The fourth-order valence-electron chi connectivity index (χ4n) is 5.15. The number of hydrogen-bond acceptors (Lipinski definition) is 7. The highest BCUT2D eigenvalue weighted by Crippen LogP contribution is 2.38. The Kier molecular flexibility index (Phi) is 20.1. The molecule has 1 aromatic carbocycles. The van der Waals surface area contributed by atoms with E-state index in [1.54, 1.807) is 23.6 Å². The topological polar surface area (TPSA) is 115 Å². The summed E-state index contributed by atoms with van der Waals surface area (Å²) in [5.41, 5.74) is 8.69. The summed E-state index contributed by atoms with van der Waals surface area (Å²) in [6, 6.07) is 5.42. The number of carbonyl (C=O) groups excluding carboxylic acids is 2. The predicted octanol–water partition coefficient (Wildman–Crippen LogP) is 6.90. The lowest BCUT2D eigenvalue weighted by Crippen LogP contribution is -2.50. The number of allylic oxidation sites excluding steroid dienone is 2. The molecule has 1 saturated heterocycles. The summed E-state index contributed by atoms with van der Waals surface area (Å²) in [4.78, 5) is 33.7. The van der Waals surface area contributed by atoms with Crippen molar-refractivity contribution in [2.45, 2.75) is 66.5 Å². The number of carbonyl (C=O) groups is 2. The number of nitrogens with zero attached hydrogens (tertiary/aromatic N) is 4. The second-order valence-corrected chi connectivity index (χ2v) is 11.6. The van der Waals surface area contributed by atoms with Crippen LogP contribution in [-0.2, 0) is 21.3 Å². The van der Waals surface area contributed by atoms with Crippen molar-refractivity contribution in [2.24, 2.45) is 18.7 Å². The molecule has 0 bridgehead atoms. The third-order valence-electron chi connectivity index (χ3n) is 7.35. The molecule has 10 nitrogen and oxygen atoms in total. The van der Waals surface area contributed by atoms with Crippen LogP contribution in [0.1, 0.15) is 83.3 Å². The van der Waals surface area contributed by atoms with E-state index in [9.17, 15) is 9.59 Å². The summed E-state index contributed by atoms with van der Waals surface area (Å²) >= 11 is 6.56. The van der Waals surface area contributed by atoms with Gasteiger partial charge >= 0.3 is 6.09 Å². The van der Waals surface area contributed by atoms with Crippen LogP contribution in [0.25, 0.3) is 5.57 Å². The minimum atomic E-state index is -0.477. The van der Waals surface area contributed by atoms with Crippen LogP contribution in [0.4, 0.5) is 4.79 Å². The van der Waals surface area contributed by atoms with Crippen LogP contribution in [0.5, 0.6) is 0 Å². The van der Waals surface area contributed by atoms with Crippen LogP contribution in [-0.4, -0.2) is 77.9 Å². The van der Waals surface area contributed by atoms with Gasteiger partial charge in [-0.3, -0.25) is 9.69 Å². The Hall–Kier alpha value is -3.60. The number of nitrogens with two attached hydrogens (primary N) is 1. The van der Waals surface area contributed by atoms with Crippen LogP contribution < -0.4 is 11.1 Å². The molecule has 1 aliphatic rings. The van der Waals surface area contributed by atoms with Gasteiger partial charge in [-0.05, 0) is 60.7 Å². The van der Waals surface area contributed by atoms with Crippen molar-refractivity contribution in [1.82, 2.24) is 24.7 Å². The van der Waals surface area contributed by atoms with Gasteiger partial charge in [-0.25, -0.2) is 9.78 Å². The van der Waals surface area contributed by atoms with E-state index in [4.69, 9.17) is 26.8 Å². The van der Waals surface area contributed by atoms with Gasteiger partial charge in [-0.1, -0.05) is 70.5 Å². The molecule has 1 aliphatic heterocycles. The Balaban J connectivity index is 0.00000144. The summed E-state index contributed by atoms with van der Waals surface area (Å²) < 4.78 is 12.4. The lowest BCUT2D eigenvalue weighted by Gasteiger charge is -2.40. The van der Waals surface area contributed by atoms with E-state index in [1.807, 2.05) is 83.5 Å². The van der Waals surface area contributed by atoms with Gasteiger partial charge in [0.05, 0.1) is 30.9 Å². The van der Waals surface area contributed by atoms with Gasteiger partial charge in [-0.15, -0.1) is 6.58 Å². The zero-order valence-electron chi connectivity index (χ0n) is 29.7. The van der Waals surface area contributed by atoms with Crippen molar-refractivity contribution >= 4 is 29.2 Å². The van der Waals surface area contributed by atoms with Crippen molar-refractivity contribution in [1.29, 1.82) is 0 Å². The summed E-state index contributed by atoms with van der Waals surface area (Å²) in [6.45, 7) is 19.0. The summed E-state index contributed by atoms with van der Waals surface area (Å²) in [5, 5.41) is 3.72. The zero-order chi connectivity index (χ0) is 35.4. The quantitative estimate of drug-likeness (QED) is 0.222. The fraction of sp³-hybridized carbons (Fsp3) is 0.528. The molecule has 0 spiro atoms. The van der Waals surface area contributed by atoms with Gasteiger partial charge in [0, 0.05) is 51.4 Å². The largest absolute Gasteiger partial charge is 0.449 e. The van der Waals surface area contributed by atoms with Crippen LogP contribution in [0.15, 0.2) is 61.7 Å². The lowest BCUT2D eigenvalue weighted by molar-refractivity contribution is -0.125. The third-order valence-corrected chi connectivity index (χ3v) is 7.59. The third kappa shape index (κ3) is 13.2. The molecule has 47 heavy (non-hydrogen) atoms. The molecular formula is C36H57ClN6O4. The van der Waals surface area contributed by atoms with E-state index in [2.05, 4.69) is 27.8 Å². The van der Waals surface area contributed by atoms with Crippen molar-refractivity contribution in [3.05, 3.63) is 83.6 Å². The second-order valence-electron chi connectivity index (χ2n) is 11.2. The Morgan fingerprint density at radius 3 is 2.36 bits per heavy atom. The molecule has 1 fully saturated rings. The molecule has 2 unspecified atom stereocenters. The molecule has 3 rings (SSSR count). The number of ether oxygens (including phenoxy) is 2. The zero-order valence-corrected chi connectivity index (χ0v) is 30.4. The van der Waals surface area contributed by atoms with E-state index in [-0.39, 0.29) is 24.6 Å². The number of nitrogens with one attached hydrogen (secondary N) is 1. The van der Waals surface area contributed by atoms with E-state index < -0.39 is 6.04 Å². The summed E-state index contributed by atoms with van der Waals surface area (Å²) in [7, 11) is 3.39. The minimum Gasteiger partial charge on any atom is -0.449 e. The molecule has 262 valence electrons. The molecular weight excluding hydrogens is 616 g/mol. The van der Waals surface area contributed by atoms with Crippen LogP contribution >= 0.6 is 11.6 Å². The van der Waals surface area contributed by atoms with Crippen molar-refractivity contribution in [3.63, 3.8) is 0 Å². The Morgan fingerprint density at radius 2 is 1.87 bits per heavy atom. The average Bonchev–Trinajstić information content (AvgIpc) is 3.50. The lowest BCUT2D eigenvalue weighted by atomic mass is 9.87. The maximum absolute atomic E-state index is 12.7. The summed E-state index contributed by atoms with van der Waals surface area (Å²) in [6.07, 6.45) is 12.3. The second kappa shape index (κ2) is 22.8. The van der Waals surface area contributed by atoms with E-state index in [0.29, 0.717) is 50.1 Å². The first-order valence-corrected chi connectivity index (χ1v) is 16.8. The number of aryl methyl sites for hydroxylation is 1. The fourth-order valence-corrected chi connectivity index (χ4v) is 5.32. The molecule has 2 atom stereocenters. The van der Waals surface area contributed by atoms with E-state index in [1.165, 1.54) is 7.11 Å². The van der Waals surface area contributed by atoms with Gasteiger partial charge in [0.2, 0.25) is 5.91 Å². The van der Waals surface area contributed by atoms with Gasteiger partial charge in [0.25, 0.3) is 0 Å². The first-order chi connectivity index (χ1) is 22.6. The number of rotatable bonds is 13. The molecule has 2 amide bonds. The first kappa shape index (κ1) is 41.4. The highest BCUT2D eigenvalue weighted by atomic mass is 35.5. The smallest absolute Gasteiger partial charge is 0.409 e. The van der Waals surface area contributed by atoms with Gasteiger partial charge in [0.15, 0.2) is 0 Å². The Morgan fingerprint density at radius 1 is 1.19 bits per heavy atom. The van der Waals surface area contributed by atoms with Crippen LogP contribution in [0.2, 0.25) is 5.02 Å². The molecule has 0 aliphatic carbocycles. The number of imidazole rings is 1. The molecule has 2 aromatic rings. The highest BCUT2D eigenvalue weighted by Gasteiger charge is 2.31. The molecule has 0 saturated carbocycles. The molecule has 0 radical (unpaired) electrons. The number of benzene rings is 1. The van der Waals surface area contributed by atoms with E-state index in [0.717, 1.165) is 28.8 Å².